The Morgan fingerprint density at radius 3 is 2.52 bits per heavy atom. The van der Waals surface area contributed by atoms with Crippen molar-refractivity contribution in [1.82, 2.24) is 14.8 Å². The van der Waals surface area contributed by atoms with E-state index in [0.717, 1.165) is 31.5 Å². The molecule has 2 saturated heterocycles. The van der Waals surface area contributed by atoms with Crippen LogP contribution in [0.3, 0.4) is 0 Å². The van der Waals surface area contributed by atoms with Gasteiger partial charge < -0.3 is 9.64 Å². The quantitative estimate of drug-likeness (QED) is 0.832. The number of carbonyl (C=O) groups excluding carboxylic acids is 2. The summed E-state index contributed by atoms with van der Waals surface area (Å²) >= 11 is 0. The van der Waals surface area contributed by atoms with Gasteiger partial charge >= 0.3 is 6.09 Å². The first-order valence-corrected chi connectivity index (χ1v) is 6.80. The summed E-state index contributed by atoms with van der Waals surface area (Å²) in [5.74, 6) is -0.0299. The third-order valence-corrected chi connectivity index (χ3v) is 3.93. The van der Waals surface area contributed by atoms with Crippen LogP contribution in [0.15, 0.2) is 24.5 Å². The van der Waals surface area contributed by atoms with Crippen molar-refractivity contribution in [2.24, 2.45) is 0 Å². The Bertz CT molecular complexity index is 519. The molecule has 2 atom stereocenters. The Morgan fingerprint density at radius 1 is 1.29 bits per heavy atom. The molecule has 0 spiro atoms. The lowest BCUT2D eigenvalue weighted by Crippen LogP contribution is -2.46. The molecular weight excluding hydrogens is 294 g/mol. The summed E-state index contributed by atoms with van der Waals surface area (Å²) in [6.07, 6.45) is 4.32. The zero-order valence-electron chi connectivity index (χ0n) is 11.8. The van der Waals surface area contributed by atoms with Gasteiger partial charge in [-0.05, 0) is 30.5 Å². The minimum atomic E-state index is -0.581. The molecule has 0 N–H and O–H groups in total. The molecule has 1 aromatic rings. The Kier molecular flexibility index (Phi) is 4.67. The van der Waals surface area contributed by atoms with Gasteiger partial charge in [0.2, 0.25) is 5.91 Å². The van der Waals surface area contributed by atoms with Crippen molar-refractivity contribution in [1.29, 1.82) is 0 Å². The van der Waals surface area contributed by atoms with E-state index in [2.05, 4.69) is 4.98 Å². The van der Waals surface area contributed by atoms with Crippen molar-refractivity contribution in [2.45, 2.75) is 25.0 Å². The number of hydrogen-bond acceptors (Lipinski definition) is 4. The Morgan fingerprint density at radius 2 is 1.90 bits per heavy atom. The SMILES string of the molecule is CN1C(=O)OC(c2ccncc2)C1C(=O)N1CCCC1.Cl. The molecule has 2 aliphatic rings. The molecule has 0 saturated carbocycles. The fourth-order valence-electron chi connectivity index (χ4n) is 2.80. The summed E-state index contributed by atoms with van der Waals surface area (Å²) in [6.45, 7) is 1.53. The van der Waals surface area contributed by atoms with E-state index >= 15 is 0 Å². The highest BCUT2D eigenvalue weighted by Gasteiger charge is 2.46. The monoisotopic (exact) mass is 311 g/mol. The standard InChI is InChI=1S/C14H17N3O3.ClH/c1-16-11(13(18)17-8-2-3-9-17)12(20-14(16)19)10-4-6-15-7-5-10;/h4-7,11-12H,2-3,8-9H2,1H3;1H. The van der Waals surface area contributed by atoms with Gasteiger partial charge in [-0.2, -0.15) is 0 Å². The second-order valence-corrected chi connectivity index (χ2v) is 5.17. The molecule has 0 radical (unpaired) electrons. The van der Waals surface area contributed by atoms with E-state index in [-0.39, 0.29) is 18.3 Å². The van der Waals surface area contributed by atoms with Crippen LogP contribution >= 0.6 is 12.4 Å². The predicted octanol–water partition coefficient (Wildman–Crippen LogP) is 1.62. The number of pyridine rings is 1. The fourth-order valence-corrected chi connectivity index (χ4v) is 2.80. The fraction of sp³-hybridized carbons (Fsp3) is 0.500. The largest absolute Gasteiger partial charge is 0.438 e. The highest BCUT2D eigenvalue weighted by molar-refractivity contribution is 5.89. The molecule has 7 heteroatoms. The number of aromatic nitrogens is 1. The molecule has 6 nitrogen and oxygen atoms in total. The summed E-state index contributed by atoms with van der Waals surface area (Å²) in [6, 6.07) is 2.98. The molecule has 3 heterocycles. The number of carbonyl (C=O) groups is 2. The first-order valence-electron chi connectivity index (χ1n) is 6.80. The molecule has 2 amide bonds. The second kappa shape index (κ2) is 6.30. The van der Waals surface area contributed by atoms with E-state index < -0.39 is 18.2 Å². The van der Waals surface area contributed by atoms with Crippen LogP contribution in [0.2, 0.25) is 0 Å². The van der Waals surface area contributed by atoms with Crippen LogP contribution in [0.25, 0.3) is 0 Å². The van der Waals surface area contributed by atoms with Gasteiger partial charge in [0.05, 0.1) is 0 Å². The predicted molar refractivity (Wildman–Crippen MR) is 78.1 cm³/mol. The maximum absolute atomic E-state index is 12.6. The van der Waals surface area contributed by atoms with Crippen LogP contribution in [0, 0.1) is 0 Å². The van der Waals surface area contributed by atoms with Gasteiger partial charge in [-0.3, -0.25) is 14.7 Å². The highest BCUT2D eigenvalue weighted by atomic mass is 35.5. The molecule has 21 heavy (non-hydrogen) atoms. The molecule has 0 aliphatic carbocycles. The van der Waals surface area contributed by atoms with E-state index in [1.54, 1.807) is 31.6 Å². The van der Waals surface area contributed by atoms with Crippen molar-refractivity contribution in [3.05, 3.63) is 30.1 Å². The maximum Gasteiger partial charge on any atom is 0.411 e. The Hall–Kier alpha value is -1.82. The van der Waals surface area contributed by atoms with Crippen LogP contribution in [0.5, 0.6) is 0 Å². The number of likely N-dealkylation sites (tertiary alicyclic amines) is 1. The molecule has 1 aromatic heterocycles. The molecule has 0 bridgehead atoms. The first-order chi connectivity index (χ1) is 9.68. The average Bonchev–Trinajstić information content (AvgIpc) is 3.09. The van der Waals surface area contributed by atoms with E-state index in [1.165, 1.54) is 4.90 Å². The van der Waals surface area contributed by atoms with Crippen LogP contribution in [0.1, 0.15) is 24.5 Å². The number of likely N-dealkylation sites (N-methyl/N-ethyl adjacent to an activating group) is 1. The summed E-state index contributed by atoms with van der Waals surface area (Å²) in [5.41, 5.74) is 0.801. The van der Waals surface area contributed by atoms with Crippen LogP contribution in [-0.4, -0.2) is 53.0 Å². The zero-order valence-corrected chi connectivity index (χ0v) is 12.6. The number of nitrogens with zero attached hydrogens (tertiary/aromatic N) is 3. The average molecular weight is 312 g/mol. The number of rotatable bonds is 2. The number of ether oxygens (including phenoxy) is 1. The first kappa shape index (κ1) is 15.6. The third kappa shape index (κ3) is 2.81. The molecule has 0 aromatic carbocycles. The van der Waals surface area contributed by atoms with Gasteiger partial charge in [0.1, 0.15) is 0 Å². The van der Waals surface area contributed by atoms with Gasteiger partial charge in [-0.15, -0.1) is 12.4 Å². The Balaban J connectivity index is 0.00000161. The lowest BCUT2D eigenvalue weighted by atomic mass is 10.0. The summed E-state index contributed by atoms with van der Waals surface area (Å²) in [5, 5.41) is 0. The zero-order chi connectivity index (χ0) is 14.1. The molecule has 2 aliphatic heterocycles. The third-order valence-electron chi connectivity index (χ3n) is 3.93. The molecular formula is C14H18ClN3O3. The Labute approximate surface area is 129 Å². The van der Waals surface area contributed by atoms with Crippen molar-refractivity contribution >= 4 is 24.4 Å². The smallest absolute Gasteiger partial charge is 0.411 e. The topological polar surface area (TPSA) is 62.7 Å². The lowest BCUT2D eigenvalue weighted by molar-refractivity contribution is -0.135. The summed E-state index contributed by atoms with van der Waals surface area (Å²) in [4.78, 5) is 31.6. The minimum absolute atomic E-state index is 0. The highest BCUT2D eigenvalue weighted by Crippen LogP contribution is 2.33. The van der Waals surface area contributed by atoms with Crippen molar-refractivity contribution in [3.8, 4) is 0 Å². The lowest BCUT2D eigenvalue weighted by Gasteiger charge is -2.25. The minimum Gasteiger partial charge on any atom is -0.438 e. The van der Waals surface area contributed by atoms with Crippen LogP contribution < -0.4 is 0 Å². The van der Waals surface area contributed by atoms with Gasteiger partial charge in [-0.1, -0.05) is 0 Å². The van der Waals surface area contributed by atoms with Gasteiger partial charge in [-0.25, -0.2) is 4.79 Å². The van der Waals surface area contributed by atoms with Gasteiger partial charge in [0.15, 0.2) is 12.1 Å². The summed E-state index contributed by atoms with van der Waals surface area (Å²) < 4.78 is 5.36. The van der Waals surface area contributed by atoms with E-state index in [0.29, 0.717) is 0 Å². The van der Waals surface area contributed by atoms with Crippen LogP contribution in [0.4, 0.5) is 4.79 Å². The number of amides is 2. The van der Waals surface area contributed by atoms with Gasteiger partial charge in [0.25, 0.3) is 0 Å². The second-order valence-electron chi connectivity index (χ2n) is 5.17. The van der Waals surface area contributed by atoms with E-state index in [9.17, 15) is 9.59 Å². The number of hydrogen-bond donors (Lipinski definition) is 0. The van der Waals surface area contributed by atoms with Crippen molar-refractivity contribution in [2.75, 3.05) is 20.1 Å². The number of halogens is 1. The molecule has 2 unspecified atom stereocenters. The van der Waals surface area contributed by atoms with Crippen LogP contribution in [-0.2, 0) is 9.53 Å². The van der Waals surface area contributed by atoms with Gasteiger partial charge in [0, 0.05) is 32.5 Å². The summed E-state index contributed by atoms with van der Waals surface area (Å²) in [7, 11) is 1.61. The molecule has 114 valence electrons. The normalized spacial score (nSPS) is 24.7. The van der Waals surface area contributed by atoms with E-state index in [4.69, 9.17) is 4.74 Å². The van der Waals surface area contributed by atoms with Crippen molar-refractivity contribution < 1.29 is 14.3 Å². The van der Waals surface area contributed by atoms with E-state index in [1.807, 2.05) is 4.90 Å². The molecule has 2 fully saturated rings. The number of cyclic esters (lactones) is 1. The molecule has 3 rings (SSSR count). The maximum atomic E-state index is 12.6. The van der Waals surface area contributed by atoms with Crippen molar-refractivity contribution in [3.63, 3.8) is 0 Å².